The third kappa shape index (κ3) is 3.25. The monoisotopic (exact) mass is 314 g/mol. The Hall–Kier alpha value is -1.26. The molecule has 20 heavy (non-hydrogen) atoms. The topological polar surface area (TPSA) is 49.4 Å². The third-order valence-corrected chi connectivity index (χ3v) is 3.78. The maximum Gasteiger partial charge on any atom is 0.249 e. The summed E-state index contributed by atoms with van der Waals surface area (Å²) in [7, 11) is 0. The highest BCUT2D eigenvalue weighted by atomic mass is 35.5. The van der Waals surface area contributed by atoms with Crippen molar-refractivity contribution in [3.63, 3.8) is 0 Å². The molecule has 1 aromatic rings. The molecule has 0 radical (unpaired) electrons. The van der Waals surface area contributed by atoms with Gasteiger partial charge in [0.1, 0.15) is 6.04 Å². The first-order valence-corrected chi connectivity index (χ1v) is 7.34. The fourth-order valence-corrected chi connectivity index (χ4v) is 2.77. The predicted octanol–water partition coefficient (Wildman–Crippen LogP) is 3.02. The van der Waals surface area contributed by atoms with Gasteiger partial charge in [-0.25, -0.2) is 0 Å². The number of benzene rings is 1. The van der Waals surface area contributed by atoms with Crippen molar-refractivity contribution in [2.45, 2.75) is 32.2 Å². The first-order valence-electron chi connectivity index (χ1n) is 6.58. The Morgan fingerprint density at radius 1 is 1.35 bits per heavy atom. The lowest BCUT2D eigenvalue weighted by atomic mass is 10.1. The molecule has 1 N–H and O–H groups in total. The van der Waals surface area contributed by atoms with Crippen LogP contribution in [-0.2, 0) is 9.59 Å². The van der Waals surface area contributed by atoms with Crippen molar-refractivity contribution < 1.29 is 9.59 Å². The minimum absolute atomic E-state index is 0.107. The lowest BCUT2D eigenvalue weighted by molar-refractivity contribution is -0.125. The number of hydrogen-bond donors (Lipinski definition) is 1. The van der Waals surface area contributed by atoms with Crippen molar-refractivity contribution in [1.29, 1.82) is 0 Å². The van der Waals surface area contributed by atoms with Crippen LogP contribution in [0.3, 0.4) is 0 Å². The standard InChI is InChI=1S/C14H16Cl2N2O2/c1-2-3-11-14(20)18(7-6-13(19)17-11)12-5-4-9(15)8-10(12)16/h4-5,8,11H,2-3,6-7H2,1H3,(H,17,19). The van der Waals surface area contributed by atoms with E-state index < -0.39 is 6.04 Å². The van der Waals surface area contributed by atoms with Crippen LogP contribution >= 0.6 is 23.2 Å². The van der Waals surface area contributed by atoms with E-state index in [2.05, 4.69) is 5.32 Å². The van der Waals surface area contributed by atoms with E-state index in [1.165, 1.54) is 0 Å². The van der Waals surface area contributed by atoms with E-state index in [0.717, 1.165) is 6.42 Å². The van der Waals surface area contributed by atoms with Crippen LogP contribution in [-0.4, -0.2) is 24.4 Å². The van der Waals surface area contributed by atoms with Gasteiger partial charge in [0.15, 0.2) is 0 Å². The molecule has 0 spiro atoms. The van der Waals surface area contributed by atoms with Gasteiger partial charge in [-0.1, -0.05) is 36.5 Å². The van der Waals surface area contributed by atoms with Gasteiger partial charge in [0.2, 0.25) is 11.8 Å². The lowest BCUT2D eigenvalue weighted by Crippen LogP contribution is -2.44. The number of carbonyl (C=O) groups is 2. The van der Waals surface area contributed by atoms with Gasteiger partial charge in [-0.15, -0.1) is 0 Å². The van der Waals surface area contributed by atoms with Gasteiger partial charge in [0.05, 0.1) is 10.7 Å². The Morgan fingerprint density at radius 3 is 2.75 bits per heavy atom. The van der Waals surface area contributed by atoms with Gasteiger partial charge < -0.3 is 10.2 Å². The zero-order valence-electron chi connectivity index (χ0n) is 11.2. The van der Waals surface area contributed by atoms with Gasteiger partial charge in [0.25, 0.3) is 0 Å². The summed E-state index contributed by atoms with van der Waals surface area (Å²) < 4.78 is 0. The molecule has 4 nitrogen and oxygen atoms in total. The van der Waals surface area contributed by atoms with Gasteiger partial charge in [-0.05, 0) is 24.6 Å². The van der Waals surface area contributed by atoms with Gasteiger partial charge >= 0.3 is 0 Å². The summed E-state index contributed by atoms with van der Waals surface area (Å²) in [5.74, 6) is -0.230. The highest BCUT2D eigenvalue weighted by Crippen LogP contribution is 2.30. The van der Waals surface area contributed by atoms with E-state index in [0.29, 0.717) is 28.7 Å². The molecule has 0 bridgehead atoms. The summed E-state index contributed by atoms with van der Waals surface area (Å²) in [5.41, 5.74) is 0.596. The molecule has 1 fully saturated rings. The average molecular weight is 315 g/mol. The summed E-state index contributed by atoms with van der Waals surface area (Å²) >= 11 is 12.0. The quantitative estimate of drug-likeness (QED) is 0.932. The number of halogens is 2. The summed E-state index contributed by atoms with van der Waals surface area (Å²) in [6.07, 6.45) is 1.70. The van der Waals surface area contributed by atoms with Crippen LogP contribution in [0.1, 0.15) is 26.2 Å². The maximum atomic E-state index is 12.5. The minimum Gasteiger partial charge on any atom is -0.344 e. The van der Waals surface area contributed by atoms with Crippen molar-refractivity contribution in [1.82, 2.24) is 5.32 Å². The van der Waals surface area contributed by atoms with Crippen LogP contribution in [0.5, 0.6) is 0 Å². The molecule has 0 saturated carbocycles. The number of nitrogens with zero attached hydrogens (tertiary/aromatic N) is 1. The smallest absolute Gasteiger partial charge is 0.249 e. The number of rotatable bonds is 3. The van der Waals surface area contributed by atoms with Crippen molar-refractivity contribution in [3.8, 4) is 0 Å². The Morgan fingerprint density at radius 2 is 2.10 bits per heavy atom. The Kier molecular flexibility index (Phi) is 4.89. The highest BCUT2D eigenvalue weighted by molar-refractivity contribution is 6.36. The molecule has 1 unspecified atom stereocenters. The molecule has 6 heteroatoms. The van der Waals surface area contributed by atoms with E-state index in [9.17, 15) is 9.59 Å². The summed E-state index contributed by atoms with van der Waals surface area (Å²) in [6, 6.07) is 4.51. The fraction of sp³-hybridized carbons (Fsp3) is 0.429. The molecular weight excluding hydrogens is 299 g/mol. The molecule has 1 aliphatic rings. The molecule has 0 aromatic heterocycles. The molecule has 2 rings (SSSR count). The molecule has 108 valence electrons. The van der Waals surface area contributed by atoms with Crippen molar-refractivity contribution >= 4 is 40.7 Å². The molecule has 1 saturated heterocycles. The largest absolute Gasteiger partial charge is 0.344 e. The predicted molar refractivity (Wildman–Crippen MR) is 80.3 cm³/mol. The fourth-order valence-electron chi connectivity index (χ4n) is 2.26. The number of nitrogens with one attached hydrogen (secondary N) is 1. The number of amides is 2. The highest BCUT2D eigenvalue weighted by Gasteiger charge is 2.30. The first-order chi connectivity index (χ1) is 9.52. The number of hydrogen-bond acceptors (Lipinski definition) is 2. The lowest BCUT2D eigenvalue weighted by Gasteiger charge is -2.24. The van der Waals surface area contributed by atoms with E-state index in [4.69, 9.17) is 23.2 Å². The second-order valence-electron chi connectivity index (χ2n) is 4.74. The van der Waals surface area contributed by atoms with Crippen LogP contribution in [0.2, 0.25) is 10.0 Å². The molecule has 1 aliphatic heterocycles. The van der Waals surface area contributed by atoms with Crippen molar-refractivity contribution in [3.05, 3.63) is 28.2 Å². The zero-order valence-corrected chi connectivity index (χ0v) is 12.7. The van der Waals surface area contributed by atoms with Gasteiger partial charge in [-0.3, -0.25) is 9.59 Å². The molecule has 1 heterocycles. The summed E-state index contributed by atoms with van der Waals surface area (Å²) in [6.45, 7) is 2.30. The first kappa shape index (κ1) is 15.1. The van der Waals surface area contributed by atoms with Crippen LogP contribution < -0.4 is 10.2 Å². The number of anilines is 1. The number of carbonyl (C=O) groups excluding carboxylic acids is 2. The Bertz CT molecular complexity index is 534. The van der Waals surface area contributed by atoms with Crippen LogP contribution in [0.25, 0.3) is 0 Å². The van der Waals surface area contributed by atoms with Gasteiger partial charge in [0, 0.05) is 18.0 Å². The Labute approximate surface area is 128 Å². The van der Waals surface area contributed by atoms with E-state index in [-0.39, 0.29) is 18.2 Å². The van der Waals surface area contributed by atoms with E-state index >= 15 is 0 Å². The van der Waals surface area contributed by atoms with Crippen LogP contribution in [0.15, 0.2) is 18.2 Å². The molecule has 0 aliphatic carbocycles. The molecule has 2 amide bonds. The minimum atomic E-state index is -0.484. The average Bonchev–Trinajstić information content (AvgIpc) is 2.52. The van der Waals surface area contributed by atoms with Crippen molar-refractivity contribution in [2.75, 3.05) is 11.4 Å². The zero-order chi connectivity index (χ0) is 14.7. The molecule has 1 aromatic carbocycles. The molecule has 1 atom stereocenters. The van der Waals surface area contributed by atoms with Crippen LogP contribution in [0.4, 0.5) is 5.69 Å². The summed E-state index contributed by atoms with van der Waals surface area (Å²) in [5, 5.41) is 3.69. The van der Waals surface area contributed by atoms with E-state index in [1.807, 2.05) is 6.92 Å². The van der Waals surface area contributed by atoms with E-state index in [1.54, 1.807) is 23.1 Å². The molecular formula is C14H16Cl2N2O2. The van der Waals surface area contributed by atoms with Gasteiger partial charge in [-0.2, -0.15) is 0 Å². The summed E-state index contributed by atoms with van der Waals surface area (Å²) in [4.78, 5) is 25.8. The Balaban J connectivity index is 2.33. The second kappa shape index (κ2) is 6.46. The normalized spacial score (nSPS) is 19.8. The SMILES string of the molecule is CCCC1NC(=O)CCN(c2ccc(Cl)cc2Cl)C1=O. The van der Waals surface area contributed by atoms with Crippen LogP contribution in [0, 0.1) is 0 Å². The second-order valence-corrected chi connectivity index (χ2v) is 5.59. The third-order valence-electron chi connectivity index (χ3n) is 3.24. The maximum absolute atomic E-state index is 12.5. The van der Waals surface area contributed by atoms with Crippen molar-refractivity contribution in [2.24, 2.45) is 0 Å².